The second-order valence-corrected chi connectivity index (χ2v) is 6.44. The molecule has 132 valence electrons. The van der Waals surface area contributed by atoms with Gasteiger partial charge in [-0.15, -0.1) is 0 Å². The Bertz CT molecular complexity index is 753. The zero-order valence-corrected chi connectivity index (χ0v) is 15.4. The molecular weight excluding hydrogens is 361 g/mol. The summed E-state index contributed by atoms with van der Waals surface area (Å²) in [6.07, 6.45) is 0. The number of hydrogen-bond acceptors (Lipinski definition) is 3. The lowest BCUT2D eigenvalue weighted by Gasteiger charge is -2.23. The first kappa shape index (κ1) is 19.2. The minimum Gasteiger partial charge on any atom is -0.325 e. The maximum atomic E-state index is 12.3. The number of likely N-dealkylation sites (N-methyl/N-ethyl adjacent to an activating group) is 1. The molecule has 0 bridgehead atoms. The summed E-state index contributed by atoms with van der Waals surface area (Å²) in [7, 11) is 1.71. The Morgan fingerprint density at radius 2 is 1.68 bits per heavy atom. The first-order valence-electron chi connectivity index (χ1n) is 7.68. The van der Waals surface area contributed by atoms with Gasteiger partial charge in [-0.3, -0.25) is 14.5 Å². The average Bonchev–Trinajstić information content (AvgIpc) is 2.58. The van der Waals surface area contributed by atoms with Crippen molar-refractivity contribution in [2.24, 2.45) is 0 Å². The fourth-order valence-electron chi connectivity index (χ4n) is 2.11. The molecule has 0 fully saturated rings. The fourth-order valence-corrected chi connectivity index (χ4v) is 2.40. The van der Waals surface area contributed by atoms with Crippen LogP contribution in [0.2, 0.25) is 10.0 Å². The van der Waals surface area contributed by atoms with E-state index in [1.807, 2.05) is 30.3 Å². The van der Waals surface area contributed by atoms with Crippen LogP contribution in [0.5, 0.6) is 0 Å². The zero-order valence-electron chi connectivity index (χ0n) is 13.9. The molecule has 0 unspecified atom stereocenters. The molecule has 1 atom stereocenters. The lowest BCUT2D eigenvalue weighted by Crippen LogP contribution is -2.43. The molecule has 0 aliphatic rings. The Hall–Kier alpha value is -2.08. The third-order valence-electron chi connectivity index (χ3n) is 3.68. The normalized spacial score (nSPS) is 11.9. The molecule has 2 amide bonds. The van der Waals surface area contributed by atoms with Crippen molar-refractivity contribution in [3.8, 4) is 0 Å². The summed E-state index contributed by atoms with van der Waals surface area (Å²) in [6, 6.07) is 13.6. The van der Waals surface area contributed by atoms with Crippen molar-refractivity contribution in [2.45, 2.75) is 13.0 Å². The van der Waals surface area contributed by atoms with Gasteiger partial charge in [0.05, 0.1) is 22.6 Å². The quantitative estimate of drug-likeness (QED) is 0.799. The van der Waals surface area contributed by atoms with Gasteiger partial charge in [-0.05, 0) is 44.3 Å². The van der Waals surface area contributed by atoms with Crippen molar-refractivity contribution in [1.82, 2.24) is 4.90 Å². The van der Waals surface area contributed by atoms with Crippen LogP contribution < -0.4 is 10.6 Å². The van der Waals surface area contributed by atoms with E-state index in [0.717, 1.165) is 0 Å². The molecule has 5 nitrogen and oxygen atoms in total. The van der Waals surface area contributed by atoms with E-state index < -0.39 is 6.04 Å². The second kappa shape index (κ2) is 8.85. The highest BCUT2D eigenvalue weighted by Crippen LogP contribution is 2.24. The Morgan fingerprint density at radius 3 is 2.32 bits per heavy atom. The number of carbonyl (C=O) groups is 2. The van der Waals surface area contributed by atoms with Crippen molar-refractivity contribution in [1.29, 1.82) is 0 Å². The summed E-state index contributed by atoms with van der Waals surface area (Å²) < 4.78 is 0. The minimum absolute atomic E-state index is 0.0591. The average molecular weight is 380 g/mol. The highest BCUT2D eigenvalue weighted by molar-refractivity contribution is 6.42. The van der Waals surface area contributed by atoms with Gasteiger partial charge in [0.1, 0.15) is 0 Å². The number of para-hydroxylation sites is 1. The monoisotopic (exact) mass is 379 g/mol. The van der Waals surface area contributed by atoms with Crippen LogP contribution in [0.15, 0.2) is 48.5 Å². The minimum atomic E-state index is -0.472. The van der Waals surface area contributed by atoms with E-state index in [0.29, 0.717) is 21.4 Å². The van der Waals surface area contributed by atoms with E-state index in [1.165, 1.54) is 0 Å². The molecule has 2 rings (SSSR count). The molecule has 0 aliphatic heterocycles. The van der Waals surface area contributed by atoms with Crippen LogP contribution in [-0.4, -0.2) is 36.3 Å². The predicted molar refractivity (Wildman–Crippen MR) is 102 cm³/mol. The number of rotatable bonds is 6. The van der Waals surface area contributed by atoms with E-state index in [1.54, 1.807) is 37.1 Å². The highest BCUT2D eigenvalue weighted by atomic mass is 35.5. The van der Waals surface area contributed by atoms with Gasteiger partial charge >= 0.3 is 0 Å². The van der Waals surface area contributed by atoms with E-state index in [2.05, 4.69) is 10.6 Å². The van der Waals surface area contributed by atoms with Crippen molar-refractivity contribution >= 4 is 46.4 Å². The third kappa shape index (κ3) is 5.74. The molecule has 0 saturated carbocycles. The molecule has 0 spiro atoms. The Morgan fingerprint density at radius 1 is 1.00 bits per heavy atom. The van der Waals surface area contributed by atoms with E-state index in [-0.39, 0.29) is 18.4 Å². The number of nitrogens with zero attached hydrogens (tertiary/aromatic N) is 1. The van der Waals surface area contributed by atoms with Gasteiger partial charge in [-0.1, -0.05) is 41.4 Å². The number of amides is 2. The summed E-state index contributed by atoms with van der Waals surface area (Å²) in [5.74, 6) is -0.434. The van der Waals surface area contributed by atoms with E-state index in [9.17, 15) is 9.59 Å². The number of halogens is 2. The Labute approximate surface area is 156 Å². The summed E-state index contributed by atoms with van der Waals surface area (Å²) in [6.45, 7) is 1.80. The number of benzene rings is 2. The van der Waals surface area contributed by atoms with Crippen molar-refractivity contribution in [2.75, 3.05) is 24.2 Å². The van der Waals surface area contributed by atoms with Crippen LogP contribution in [0.25, 0.3) is 0 Å². The van der Waals surface area contributed by atoms with Gasteiger partial charge in [0, 0.05) is 11.4 Å². The van der Waals surface area contributed by atoms with Gasteiger partial charge in [0.15, 0.2) is 0 Å². The number of hydrogen-bond donors (Lipinski definition) is 2. The van der Waals surface area contributed by atoms with E-state index in [4.69, 9.17) is 23.2 Å². The van der Waals surface area contributed by atoms with Crippen LogP contribution in [0, 0.1) is 0 Å². The molecule has 2 aromatic rings. The number of anilines is 2. The number of carbonyl (C=O) groups excluding carboxylic acids is 2. The van der Waals surface area contributed by atoms with Crippen LogP contribution in [-0.2, 0) is 9.59 Å². The maximum absolute atomic E-state index is 12.3. The van der Waals surface area contributed by atoms with Gasteiger partial charge in [0.2, 0.25) is 11.8 Å². The van der Waals surface area contributed by atoms with Crippen LogP contribution >= 0.6 is 23.2 Å². The lowest BCUT2D eigenvalue weighted by atomic mass is 10.2. The molecule has 25 heavy (non-hydrogen) atoms. The molecule has 7 heteroatoms. The molecule has 0 aliphatic carbocycles. The molecule has 2 aromatic carbocycles. The molecular formula is C18H19Cl2N3O2. The van der Waals surface area contributed by atoms with Gasteiger partial charge < -0.3 is 10.6 Å². The first-order valence-corrected chi connectivity index (χ1v) is 8.43. The lowest BCUT2D eigenvalue weighted by molar-refractivity contribution is -0.122. The molecule has 0 radical (unpaired) electrons. The topological polar surface area (TPSA) is 61.4 Å². The fraction of sp³-hybridized carbons (Fsp3) is 0.222. The summed E-state index contributed by atoms with van der Waals surface area (Å²) in [4.78, 5) is 26.1. The van der Waals surface area contributed by atoms with Crippen molar-refractivity contribution in [3.05, 3.63) is 58.6 Å². The Kier molecular flexibility index (Phi) is 6.82. The van der Waals surface area contributed by atoms with Crippen LogP contribution in [0.3, 0.4) is 0 Å². The summed E-state index contributed by atoms with van der Waals surface area (Å²) in [5.41, 5.74) is 1.27. The van der Waals surface area contributed by atoms with Gasteiger partial charge in [0.25, 0.3) is 0 Å². The maximum Gasteiger partial charge on any atom is 0.241 e. The Balaban J connectivity index is 1.88. The third-order valence-corrected chi connectivity index (χ3v) is 4.42. The summed E-state index contributed by atoms with van der Waals surface area (Å²) >= 11 is 11.8. The van der Waals surface area contributed by atoms with Crippen LogP contribution in [0.1, 0.15) is 6.92 Å². The largest absolute Gasteiger partial charge is 0.325 e. The van der Waals surface area contributed by atoms with Gasteiger partial charge in [-0.25, -0.2) is 0 Å². The predicted octanol–water partition coefficient (Wildman–Crippen LogP) is 3.89. The van der Waals surface area contributed by atoms with E-state index >= 15 is 0 Å². The standard InChI is InChI=1S/C18H19Cl2N3O2/c1-12(18(25)22-13-6-4-3-5-7-13)23(2)11-17(24)21-14-8-9-15(19)16(20)10-14/h3-10,12H,11H2,1-2H3,(H,21,24)(H,22,25)/t12-/m1/s1. The molecule has 2 N–H and O–H groups in total. The second-order valence-electron chi connectivity index (χ2n) is 5.62. The molecule has 0 aromatic heterocycles. The smallest absolute Gasteiger partial charge is 0.241 e. The van der Waals surface area contributed by atoms with Gasteiger partial charge in [-0.2, -0.15) is 0 Å². The highest BCUT2D eigenvalue weighted by Gasteiger charge is 2.20. The molecule has 0 heterocycles. The van der Waals surface area contributed by atoms with Crippen molar-refractivity contribution < 1.29 is 9.59 Å². The first-order chi connectivity index (χ1) is 11.9. The zero-order chi connectivity index (χ0) is 18.4. The molecule has 0 saturated heterocycles. The number of nitrogens with one attached hydrogen (secondary N) is 2. The summed E-state index contributed by atoms with van der Waals surface area (Å²) in [5, 5.41) is 6.33. The van der Waals surface area contributed by atoms with Crippen LogP contribution in [0.4, 0.5) is 11.4 Å². The van der Waals surface area contributed by atoms with Crippen molar-refractivity contribution in [3.63, 3.8) is 0 Å². The SMILES string of the molecule is C[C@H](C(=O)Nc1ccccc1)N(C)CC(=O)Nc1ccc(Cl)c(Cl)c1.